The van der Waals surface area contributed by atoms with Gasteiger partial charge in [0.15, 0.2) is 0 Å². The lowest BCUT2D eigenvalue weighted by Crippen LogP contribution is -2.40. The van der Waals surface area contributed by atoms with Crippen LogP contribution in [0.4, 0.5) is 0 Å². The molecule has 1 N–H and O–H groups in total. The molecule has 0 atom stereocenters. The van der Waals surface area contributed by atoms with Gasteiger partial charge in [0.2, 0.25) is 10.0 Å². The largest absolute Gasteiger partial charge is 0.319 e. The molecule has 0 spiro atoms. The molecule has 0 radical (unpaired) electrons. The third kappa shape index (κ3) is 4.20. The van der Waals surface area contributed by atoms with Crippen molar-refractivity contribution in [3.05, 3.63) is 28.2 Å². The molecule has 21 heavy (non-hydrogen) atoms. The standard InChI is InChI=1S/C14H21BrN2O2S.ClH/c1-11-13(15)4-3-5-14(11)20(18,19)17-8-6-12(7-9-17)10-16-2;/h3-5,12,16H,6-10H2,1-2H3;1H. The molecule has 0 unspecified atom stereocenters. The van der Waals surface area contributed by atoms with Crippen LogP contribution in [-0.4, -0.2) is 39.4 Å². The fraction of sp³-hybridized carbons (Fsp3) is 0.571. The summed E-state index contributed by atoms with van der Waals surface area (Å²) < 4.78 is 27.9. The summed E-state index contributed by atoms with van der Waals surface area (Å²) in [7, 11) is -1.43. The first-order chi connectivity index (χ1) is 9.46. The number of nitrogens with one attached hydrogen (secondary N) is 1. The summed E-state index contributed by atoms with van der Waals surface area (Å²) in [6.07, 6.45) is 1.85. The molecule has 1 fully saturated rings. The summed E-state index contributed by atoms with van der Waals surface area (Å²) in [5.41, 5.74) is 0.782. The summed E-state index contributed by atoms with van der Waals surface area (Å²) in [6.45, 7) is 4.02. The summed E-state index contributed by atoms with van der Waals surface area (Å²) >= 11 is 3.40. The highest BCUT2D eigenvalue weighted by Gasteiger charge is 2.30. The van der Waals surface area contributed by atoms with Crippen LogP contribution in [0, 0.1) is 12.8 Å². The molecule has 1 aromatic rings. The van der Waals surface area contributed by atoms with Gasteiger partial charge in [0.25, 0.3) is 0 Å². The van der Waals surface area contributed by atoms with Crippen LogP contribution in [0.2, 0.25) is 0 Å². The molecular weight excluding hydrogens is 376 g/mol. The molecule has 1 saturated heterocycles. The Labute approximate surface area is 141 Å². The van der Waals surface area contributed by atoms with Crippen LogP contribution >= 0.6 is 28.3 Å². The van der Waals surface area contributed by atoms with Gasteiger partial charge in [-0.05, 0) is 57.0 Å². The van der Waals surface area contributed by atoms with Crippen LogP contribution in [0.15, 0.2) is 27.6 Å². The number of piperidine rings is 1. The van der Waals surface area contributed by atoms with Gasteiger partial charge in [-0.25, -0.2) is 8.42 Å². The molecule has 1 aromatic carbocycles. The maximum atomic E-state index is 12.7. The molecule has 0 aromatic heterocycles. The van der Waals surface area contributed by atoms with E-state index in [1.54, 1.807) is 16.4 Å². The van der Waals surface area contributed by atoms with E-state index < -0.39 is 10.0 Å². The molecule has 0 bridgehead atoms. The Morgan fingerprint density at radius 1 is 1.33 bits per heavy atom. The second-order valence-corrected chi connectivity index (χ2v) is 8.03. The number of hydrogen-bond donors (Lipinski definition) is 1. The second kappa shape index (κ2) is 7.92. The van der Waals surface area contributed by atoms with Crippen LogP contribution in [0.1, 0.15) is 18.4 Å². The molecule has 4 nitrogen and oxygen atoms in total. The molecule has 1 heterocycles. The molecule has 2 rings (SSSR count). The quantitative estimate of drug-likeness (QED) is 0.850. The number of hydrogen-bond acceptors (Lipinski definition) is 3. The van der Waals surface area contributed by atoms with Crippen molar-refractivity contribution in [3.63, 3.8) is 0 Å². The normalized spacial score (nSPS) is 17.5. The second-order valence-electron chi connectivity index (χ2n) is 5.27. The van der Waals surface area contributed by atoms with Gasteiger partial charge in [-0.3, -0.25) is 0 Å². The average molecular weight is 398 g/mol. The third-order valence-electron chi connectivity index (χ3n) is 3.90. The van der Waals surface area contributed by atoms with Crippen LogP contribution in [0.3, 0.4) is 0 Å². The van der Waals surface area contributed by atoms with E-state index in [-0.39, 0.29) is 12.4 Å². The van der Waals surface area contributed by atoms with Gasteiger partial charge >= 0.3 is 0 Å². The topological polar surface area (TPSA) is 49.4 Å². The lowest BCUT2D eigenvalue weighted by molar-refractivity contribution is 0.270. The SMILES string of the molecule is CNCC1CCN(S(=O)(=O)c2cccc(Br)c2C)CC1.Cl. The summed E-state index contributed by atoms with van der Waals surface area (Å²) in [6, 6.07) is 5.33. The van der Waals surface area contributed by atoms with Crippen molar-refractivity contribution in [3.8, 4) is 0 Å². The third-order valence-corrected chi connectivity index (χ3v) is 6.80. The Morgan fingerprint density at radius 3 is 2.52 bits per heavy atom. The van der Waals surface area contributed by atoms with Gasteiger partial charge in [-0.15, -0.1) is 12.4 Å². The van der Waals surface area contributed by atoms with E-state index in [9.17, 15) is 8.42 Å². The Bertz CT molecular complexity index is 572. The molecule has 120 valence electrons. The van der Waals surface area contributed by atoms with Crippen molar-refractivity contribution in [2.45, 2.75) is 24.7 Å². The Kier molecular flexibility index (Phi) is 7.13. The van der Waals surface area contributed by atoms with Gasteiger partial charge in [-0.2, -0.15) is 4.31 Å². The van der Waals surface area contributed by atoms with E-state index in [0.29, 0.717) is 23.9 Å². The van der Waals surface area contributed by atoms with E-state index in [0.717, 1.165) is 29.4 Å². The first-order valence-corrected chi connectivity index (χ1v) is 9.10. The van der Waals surface area contributed by atoms with E-state index in [4.69, 9.17) is 0 Å². The van der Waals surface area contributed by atoms with Crippen molar-refractivity contribution < 1.29 is 8.42 Å². The van der Waals surface area contributed by atoms with Crippen LogP contribution in [0.5, 0.6) is 0 Å². The molecule has 1 aliphatic heterocycles. The Hall–Kier alpha value is -0.140. The highest BCUT2D eigenvalue weighted by atomic mass is 79.9. The predicted octanol–water partition coefficient (Wildman–Crippen LogP) is 2.80. The van der Waals surface area contributed by atoms with Gasteiger partial charge in [0.1, 0.15) is 0 Å². The fourth-order valence-electron chi connectivity index (χ4n) is 2.65. The van der Waals surface area contributed by atoms with Gasteiger partial charge in [-0.1, -0.05) is 22.0 Å². The zero-order valence-corrected chi connectivity index (χ0v) is 15.5. The Balaban J connectivity index is 0.00000220. The monoisotopic (exact) mass is 396 g/mol. The zero-order chi connectivity index (χ0) is 14.8. The number of sulfonamides is 1. The van der Waals surface area contributed by atoms with Crippen molar-refractivity contribution in [2.75, 3.05) is 26.7 Å². The van der Waals surface area contributed by atoms with Gasteiger partial charge in [0.05, 0.1) is 4.90 Å². The Morgan fingerprint density at radius 2 is 1.95 bits per heavy atom. The minimum absolute atomic E-state index is 0. The maximum absolute atomic E-state index is 12.7. The van der Waals surface area contributed by atoms with E-state index in [1.165, 1.54) is 0 Å². The van der Waals surface area contributed by atoms with Gasteiger partial charge in [0, 0.05) is 17.6 Å². The minimum Gasteiger partial charge on any atom is -0.319 e. The molecule has 1 aliphatic rings. The first kappa shape index (κ1) is 18.9. The first-order valence-electron chi connectivity index (χ1n) is 6.86. The van der Waals surface area contributed by atoms with Crippen molar-refractivity contribution >= 4 is 38.4 Å². The smallest absolute Gasteiger partial charge is 0.243 e. The number of halogens is 2. The lowest BCUT2D eigenvalue weighted by Gasteiger charge is -2.31. The highest BCUT2D eigenvalue weighted by Crippen LogP contribution is 2.28. The van der Waals surface area contributed by atoms with Crippen molar-refractivity contribution in [2.24, 2.45) is 5.92 Å². The lowest BCUT2D eigenvalue weighted by atomic mass is 9.98. The van der Waals surface area contributed by atoms with E-state index >= 15 is 0 Å². The van der Waals surface area contributed by atoms with Crippen LogP contribution in [-0.2, 0) is 10.0 Å². The molecule has 0 aliphatic carbocycles. The summed E-state index contributed by atoms with van der Waals surface area (Å²) in [5.74, 6) is 0.579. The fourth-order valence-corrected chi connectivity index (χ4v) is 4.86. The van der Waals surface area contributed by atoms with E-state index in [1.807, 2.05) is 20.0 Å². The number of benzene rings is 1. The summed E-state index contributed by atoms with van der Waals surface area (Å²) in [4.78, 5) is 0.416. The minimum atomic E-state index is -3.37. The zero-order valence-electron chi connectivity index (χ0n) is 12.3. The maximum Gasteiger partial charge on any atom is 0.243 e. The molecular formula is C14H22BrClN2O2S. The molecule has 0 amide bonds. The molecule has 0 saturated carbocycles. The van der Waals surface area contributed by atoms with Crippen LogP contribution < -0.4 is 5.32 Å². The molecule has 7 heteroatoms. The van der Waals surface area contributed by atoms with E-state index in [2.05, 4.69) is 21.2 Å². The summed E-state index contributed by atoms with van der Waals surface area (Å²) in [5, 5.41) is 3.17. The van der Waals surface area contributed by atoms with Gasteiger partial charge < -0.3 is 5.32 Å². The number of nitrogens with zero attached hydrogens (tertiary/aromatic N) is 1. The average Bonchev–Trinajstić information content (AvgIpc) is 2.42. The highest BCUT2D eigenvalue weighted by molar-refractivity contribution is 9.10. The number of rotatable bonds is 4. The van der Waals surface area contributed by atoms with Crippen molar-refractivity contribution in [1.29, 1.82) is 0 Å². The van der Waals surface area contributed by atoms with Crippen LogP contribution in [0.25, 0.3) is 0 Å². The predicted molar refractivity (Wildman–Crippen MR) is 91.5 cm³/mol. The van der Waals surface area contributed by atoms with Crippen molar-refractivity contribution in [1.82, 2.24) is 9.62 Å².